The molecule has 30 heavy (non-hydrogen) atoms. The monoisotopic (exact) mass is 404 g/mol. The zero-order valence-corrected chi connectivity index (χ0v) is 17.8. The third-order valence-electron chi connectivity index (χ3n) is 5.94. The molecule has 4 rings (SSSR count). The van der Waals surface area contributed by atoms with Crippen LogP contribution in [0.15, 0.2) is 59.5 Å². The quantitative estimate of drug-likeness (QED) is 0.671. The van der Waals surface area contributed by atoms with E-state index in [-0.39, 0.29) is 11.5 Å². The molecule has 1 fully saturated rings. The van der Waals surface area contributed by atoms with Crippen LogP contribution in [0.3, 0.4) is 0 Å². The molecule has 1 aliphatic heterocycles. The summed E-state index contributed by atoms with van der Waals surface area (Å²) >= 11 is 0. The minimum Gasteiger partial charge on any atom is -0.339 e. The van der Waals surface area contributed by atoms with E-state index in [2.05, 4.69) is 9.88 Å². The van der Waals surface area contributed by atoms with Gasteiger partial charge in [0, 0.05) is 45.0 Å². The standard InChI is InChI=1S/C24H28N4O2/c1-18-9-10-21-25-20(15-22(29)28(21)16-18)17-26-11-13-27(14-12-26)23(30)24(2,3)19-7-5-4-6-8-19/h4-10,15-16H,11-14,17H2,1-3H3. The van der Waals surface area contributed by atoms with Gasteiger partial charge in [0.1, 0.15) is 5.65 Å². The summed E-state index contributed by atoms with van der Waals surface area (Å²) in [5.41, 5.74) is 2.90. The van der Waals surface area contributed by atoms with Gasteiger partial charge < -0.3 is 4.90 Å². The van der Waals surface area contributed by atoms with Crippen LogP contribution in [0, 0.1) is 6.92 Å². The maximum absolute atomic E-state index is 13.2. The lowest BCUT2D eigenvalue weighted by Crippen LogP contribution is -2.53. The molecule has 0 saturated carbocycles. The molecular weight excluding hydrogens is 376 g/mol. The summed E-state index contributed by atoms with van der Waals surface area (Å²) in [5.74, 6) is 0.158. The first-order valence-electron chi connectivity index (χ1n) is 10.4. The van der Waals surface area contributed by atoms with E-state index in [1.54, 1.807) is 10.5 Å². The molecule has 0 unspecified atom stereocenters. The lowest BCUT2D eigenvalue weighted by Gasteiger charge is -2.38. The minimum absolute atomic E-state index is 0.0582. The van der Waals surface area contributed by atoms with E-state index in [1.807, 2.05) is 74.3 Å². The molecule has 1 amide bonds. The molecule has 0 bridgehead atoms. The summed E-state index contributed by atoms with van der Waals surface area (Å²) in [6.45, 7) is 9.46. The van der Waals surface area contributed by atoms with Crippen molar-refractivity contribution in [1.29, 1.82) is 0 Å². The maximum Gasteiger partial charge on any atom is 0.258 e. The third kappa shape index (κ3) is 4.00. The van der Waals surface area contributed by atoms with Gasteiger partial charge in [-0.15, -0.1) is 0 Å². The van der Waals surface area contributed by atoms with E-state index in [4.69, 9.17) is 0 Å². The smallest absolute Gasteiger partial charge is 0.258 e. The first kappa shape index (κ1) is 20.3. The van der Waals surface area contributed by atoms with Crippen LogP contribution in [0.1, 0.15) is 30.7 Å². The number of amides is 1. The van der Waals surface area contributed by atoms with Crippen LogP contribution >= 0.6 is 0 Å². The molecule has 2 aromatic heterocycles. The number of nitrogens with zero attached hydrogens (tertiary/aromatic N) is 4. The van der Waals surface area contributed by atoms with Gasteiger partial charge in [0.15, 0.2) is 0 Å². The Labute approximate surface area is 176 Å². The fourth-order valence-electron chi connectivity index (χ4n) is 4.05. The van der Waals surface area contributed by atoms with Gasteiger partial charge in [-0.1, -0.05) is 36.4 Å². The van der Waals surface area contributed by atoms with Gasteiger partial charge >= 0.3 is 0 Å². The number of aromatic nitrogens is 2. The van der Waals surface area contributed by atoms with Crippen LogP contribution < -0.4 is 5.56 Å². The average molecular weight is 405 g/mol. The zero-order chi connectivity index (χ0) is 21.3. The second-order valence-corrected chi connectivity index (χ2v) is 8.58. The molecule has 156 valence electrons. The summed E-state index contributed by atoms with van der Waals surface area (Å²) in [4.78, 5) is 34.4. The van der Waals surface area contributed by atoms with Crippen molar-refractivity contribution in [2.75, 3.05) is 26.2 Å². The van der Waals surface area contributed by atoms with Crippen LogP contribution in [-0.2, 0) is 16.8 Å². The fraction of sp³-hybridized carbons (Fsp3) is 0.375. The van der Waals surface area contributed by atoms with Crippen LogP contribution in [0.5, 0.6) is 0 Å². The Balaban J connectivity index is 1.41. The normalized spacial score (nSPS) is 15.5. The Bertz CT molecular complexity index is 1110. The number of benzene rings is 1. The van der Waals surface area contributed by atoms with Crippen LogP contribution in [0.4, 0.5) is 0 Å². The molecule has 0 radical (unpaired) electrons. The van der Waals surface area contributed by atoms with Gasteiger partial charge in [0.05, 0.1) is 11.1 Å². The number of fused-ring (bicyclic) bond motifs is 1. The number of aryl methyl sites for hydroxylation is 1. The van der Waals surface area contributed by atoms with Gasteiger partial charge in [0.2, 0.25) is 5.91 Å². The first-order valence-corrected chi connectivity index (χ1v) is 10.4. The van der Waals surface area contributed by atoms with Gasteiger partial charge in [0.25, 0.3) is 5.56 Å². The topological polar surface area (TPSA) is 57.9 Å². The molecule has 0 atom stereocenters. The molecule has 0 aliphatic carbocycles. The molecule has 1 saturated heterocycles. The third-order valence-corrected chi connectivity index (χ3v) is 5.94. The molecule has 1 aliphatic rings. The Kier molecular flexibility index (Phi) is 5.43. The van der Waals surface area contributed by atoms with Gasteiger partial charge in [-0.25, -0.2) is 4.98 Å². The van der Waals surface area contributed by atoms with Crippen molar-refractivity contribution < 1.29 is 4.79 Å². The molecule has 0 spiro atoms. The number of carbonyl (C=O) groups is 1. The fourth-order valence-corrected chi connectivity index (χ4v) is 4.05. The molecular formula is C24H28N4O2. The highest BCUT2D eigenvalue weighted by Gasteiger charge is 2.35. The van der Waals surface area contributed by atoms with Gasteiger partial charge in [-0.05, 0) is 38.0 Å². The Morgan fingerprint density at radius 2 is 1.73 bits per heavy atom. The average Bonchev–Trinajstić information content (AvgIpc) is 2.75. The van der Waals surface area contributed by atoms with Crippen LogP contribution in [0.25, 0.3) is 5.65 Å². The molecule has 6 heteroatoms. The number of carbonyl (C=O) groups excluding carboxylic acids is 1. The van der Waals surface area contributed by atoms with E-state index in [0.717, 1.165) is 29.9 Å². The van der Waals surface area contributed by atoms with E-state index in [9.17, 15) is 9.59 Å². The number of piperazine rings is 1. The lowest BCUT2D eigenvalue weighted by molar-refractivity contribution is -0.138. The number of rotatable bonds is 4. The van der Waals surface area contributed by atoms with E-state index in [1.165, 1.54) is 0 Å². The van der Waals surface area contributed by atoms with E-state index < -0.39 is 5.41 Å². The molecule has 1 aromatic carbocycles. The number of pyridine rings is 1. The zero-order valence-electron chi connectivity index (χ0n) is 17.8. The summed E-state index contributed by atoms with van der Waals surface area (Å²) in [5, 5.41) is 0. The number of hydrogen-bond acceptors (Lipinski definition) is 4. The van der Waals surface area contributed by atoms with Gasteiger partial charge in [-0.2, -0.15) is 0 Å². The van der Waals surface area contributed by atoms with E-state index >= 15 is 0 Å². The van der Waals surface area contributed by atoms with Gasteiger partial charge in [-0.3, -0.25) is 18.9 Å². The van der Waals surface area contributed by atoms with Crippen molar-refractivity contribution in [1.82, 2.24) is 19.2 Å². The largest absolute Gasteiger partial charge is 0.339 e. The predicted molar refractivity (Wildman–Crippen MR) is 118 cm³/mol. The lowest BCUT2D eigenvalue weighted by atomic mass is 9.83. The van der Waals surface area contributed by atoms with Crippen molar-refractivity contribution in [2.24, 2.45) is 0 Å². The minimum atomic E-state index is -0.545. The summed E-state index contributed by atoms with van der Waals surface area (Å²) in [7, 11) is 0. The Hall–Kier alpha value is -2.99. The summed E-state index contributed by atoms with van der Waals surface area (Å²) < 4.78 is 1.58. The van der Waals surface area contributed by atoms with Crippen LogP contribution in [0.2, 0.25) is 0 Å². The Morgan fingerprint density at radius 3 is 2.43 bits per heavy atom. The highest BCUT2D eigenvalue weighted by atomic mass is 16.2. The molecule has 0 N–H and O–H groups in total. The second-order valence-electron chi connectivity index (χ2n) is 8.58. The molecule has 3 aromatic rings. The first-order chi connectivity index (χ1) is 14.3. The molecule has 6 nitrogen and oxygen atoms in total. The van der Waals surface area contributed by atoms with Crippen LogP contribution in [-0.4, -0.2) is 51.3 Å². The SMILES string of the molecule is Cc1ccc2nc(CN3CCN(C(=O)C(C)(C)c4ccccc4)CC3)cc(=O)n2c1. The highest BCUT2D eigenvalue weighted by Crippen LogP contribution is 2.26. The molecule has 3 heterocycles. The Morgan fingerprint density at radius 1 is 1.03 bits per heavy atom. The highest BCUT2D eigenvalue weighted by molar-refractivity contribution is 5.87. The van der Waals surface area contributed by atoms with Crippen molar-refractivity contribution >= 4 is 11.6 Å². The van der Waals surface area contributed by atoms with E-state index in [0.29, 0.717) is 25.3 Å². The van der Waals surface area contributed by atoms with Crippen molar-refractivity contribution in [3.8, 4) is 0 Å². The summed E-state index contributed by atoms with van der Waals surface area (Å²) in [6, 6.07) is 15.4. The van der Waals surface area contributed by atoms with Crippen molar-refractivity contribution in [3.63, 3.8) is 0 Å². The summed E-state index contributed by atoms with van der Waals surface area (Å²) in [6.07, 6.45) is 1.81. The predicted octanol–water partition coefficient (Wildman–Crippen LogP) is 2.62. The number of hydrogen-bond donors (Lipinski definition) is 0. The maximum atomic E-state index is 13.2. The van der Waals surface area contributed by atoms with Crippen molar-refractivity contribution in [3.05, 3.63) is 81.9 Å². The second kappa shape index (κ2) is 8.03. The van der Waals surface area contributed by atoms with Crippen molar-refractivity contribution in [2.45, 2.75) is 32.7 Å².